The van der Waals surface area contributed by atoms with Gasteiger partial charge in [0, 0.05) is 28.7 Å². The van der Waals surface area contributed by atoms with Gasteiger partial charge >= 0.3 is 0 Å². The van der Waals surface area contributed by atoms with E-state index in [0.717, 1.165) is 27.7 Å². The third-order valence-corrected chi connectivity index (χ3v) is 8.32. The van der Waals surface area contributed by atoms with E-state index < -0.39 is 23.9 Å². The number of hydrogen-bond acceptors (Lipinski definition) is 6. The molecule has 0 unspecified atom stereocenters. The molecule has 7 nitrogen and oxygen atoms in total. The molecule has 0 bridgehead atoms. The van der Waals surface area contributed by atoms with Gasteiger partial charge in [-0.25, -0.2) is 0 Å². The van der Waals surface area contributed by atoms with Crippen molar-refractivity contribution in [3.8, 4) is 5.75 Å². The van der Waals surface area contributed by atoms with E-state index in [1.807, 2.05) is 37.3 Å². The van der Waals surface area contributed by atoms with Crippen molar-refractivity contribution in [3.05, 3.63) is 69.5 Å². The average Bonchev–Trinajstić information content (AvgIpc) is 3.17. The maximum Gasteiger partial charge on any atom is 0.233 e. The fourth-order valence-corrected chi connectivity index (χ4v) is 6.49. The van der Waals surface area contributed by atoms with Crippen LogP contribution in [0, 0.1) is 17.8 Å². The molecular weight excluding hydrogens is 560 g/mol. The van der Waals surface area contributed by atoms with E-state index in [-0.39, 0.29) is 24.2 Å². The number of aliphatic hydroxyl groups is 2. The molecule has 1 fully saturated rings. The van der Waals surface area contributed by atoms with E-state index in [1.165, 1.54) is 4.90 Å². The Bertz CT molecular complexity index is 1260. The number of phenols is 1. The molecule has 4 atom stereocenters. The highest BCUT2D eigenvalue weighted by atomic mass is 79.9. The summed E-state index contributed by atoms with van der Waals surface area (Å²) in [5, 5.41) is 32.5. The van der Waals surface area contributed by atoms with Crippen LogP contribution in [0.5, 0.6) is 5.75 Å². The lowest BCUT2D eigenvalue weighted by Gasteiger charge is -2.36. The van der Waals surface area contributed by atoms with Gasteiger partial charge in [-0.15, -0.1) is 0 Å². The summed E-state index contributed by atoms with van der Waals surface area (Å²) in [5.74, 6) is -1.94. The number of hydrogen-bond donors (Lipinski definition) is 3. The van der Waals surface area contributed by atoms with Crippen LogP contribution in [0.25, 0.3) is 11.6 Å². The Morgan fingerprint density at radius 2 is 1.97 bits per heavy atom. The largest absolute Gasteiger partial charge is 0.507 e. The van der Waals surface area contributed by atoms with E-state index in [1.54, 1.807) is 18.3 Å². The minimum absolute atomic E-state index is 0.139. The van der Waals surface area contributed by atoms with Crippen LogP contribution in [-0.2, 0) is 9.59 Å². The first kappa shape index (κ1) is 29.2. The van der Waals surface area contributed by atoms with Crippen LogP contribution in [-0.4, -0.2) is 56.3 Å². The monoisotopic (exact) mass is 596 g/mol. The number of phenolic OH excluding ortho intramolecular Hbond substituents is 1. The molecule has 2 amide bonds. The van der Waals surface area contributed by atoms with Gasteiger partial charge in [-0.2, -0.15) is 0 Å². The molecule has 1 saturated heterocycles. The molecule has 1 aromatic carbocycles. The third-order valence-electron chi connectivity index (χ3n) is 7.83. The zero-order chi connectivity index (χ0) is 28.1. The molecule has 1 aliphatic heterocycles. The first-order chi connectivity index (χ1) is 18.8. The number of benzene rings is 1. The van der Waals surface area contributed by atoms with Crippen LogP contribution in [0.1, 0.15) is 63.6 Å². The number of carbonyl (C=O) groups is 2. The number of aromatic hydroxyl groups is 1. The van der Waals surface area contributed by atoms with Crippen LogP contribution < -0.4 is 0 Å². The van der Waals surface area contributed by atoms with Crippen molar-refractivity contribution in [2.45, 2.75) is 58.5 Å². The summed E-state index contributed by atoms with van der Waals surface area (Å²) in [6.45, 7) is 4.07. The van der Waals surface area contributed by atoms with Gasteiger partial charge in [0.25, 0.3) is 0 Å². The molecule has 0 saturated carbocycles. The van der Waals surface area contributed by atoms with Crippen LogP contribution in [0.3, 0.4) is 0 Å². The van der Waals surface area contributed by atoms with E-state index in [4.69, 9.17) is 0 Å². The number of nitrogens with zero attached hydrogens (tertiary/aromatic N) is 2. The van der Waals surface area contributed by atoms with Crippen molar-refractivity contribution in [1.82, 2.24) is 9.88 Å². The molecule has 3 N–H and O–H groups in total. The van der Waals surface area contributed by atoms with Gasteiger partial charge in [0.05, 0.1) is 30.2 Å². The number of imide groups is 1. The number of fused-ring (bicyclic) bond motifs is 1. The van der Waals surface area contributed by atoms with Gasteiger partial charge in [-0.3, -0.25) is 19.5 Å². The van der Waals surface area contributed by atoms with Gasteiger partial charge in [0.1, 0.15) is 5.75 Å². The highest BCUT2D eigenvalue weighted by molar-refractivity contribution is 9.10. The summed E-state index contributed by atoms with van der Waals surface area (Å²) < 4.78 is 0.830. The number of aliphatic hydroxyl groups excluding tert-OH is 2. The Morgan fingerprint density at radius 3 is 2.64 bits per heavy atom. The van der Waals surface area contributed by atoms with Gasteiger partial charge in [0.2, 0.25) is 11.8 Å². The molecule has 2 aromatic rings. The molecule has 0 radical (unpaired) electrons. The molecular formula is C31H37BrN2O5. The number of carbonyl (C=O) groups excluding carboxylic acids is 2. The number of rotatable bonds is 11. The van der Waals surface area contributed by atoms with E-state index >= 15 is 0 Å². The normalized spacial score (nSPS) is 22.4. The second-order valence-electron chi connectivity index (χ2n) is 10.4. The molecule has 1 aliphatic carbocycles. The summed E-state index contributed by atoms with van der Waals surface area (Å²) in [5.41, 5.74) is 3.91. The van der Waals surface area contributed by atoms with Crippen molar-refractivity contribution >= 4 is 39.4 Å². The van der Waals surface area contributed by atoms with Crippen molar-refractivity contribution in [2.24, 2.45) is 17.8 Å². The number of halogens is 1. The quantitative estimate of drug-likeness (QED) is 0.238. The second kappa shape index (κ2) is 13.0. The number of aromatic nitrogens is 1. The molecule has 2 heterocycles. The summed E-state index contributed by atoms with van der Waals surface area (Å²) in [4.78, 5) is 32.3. The molecule has 2 aliphatic rings. The van der Waals surface area contributed by atoms with Gasteiger partial charge < -0.3 is 15.3 Å². The number of amides is 2. The standard InChI is InChI=1S/C31H37BrN2O5/c1-3-7-20-17-23-29(31(39)34(14-4-2)30(23)38)24(18-35)28(20)27(37)11-9-19(25-8-5-6-13-33-25)15-21-16-22(32)10-12-26(21)36/h5-6,8,10,12-13,15-16,23-24,27,29,35-37H,3-4,7,9,11,14,17-18H2,1-2H3/b19-15-/t23-,24+,27-,29-/m1/s1. The van der Waals surface area contributed by atoms with Crippen LogP contribution >= 0.6 is 15.9 Å². The van der Waals surface area contributed by atoms with Crippen molar-refractivity contribution in [2.75, 3.05) is 13.2 Å². The Hall–Kier alpha value is -2.81. The minimum Gasteiger partial charge on any atom is -0.507 e. The lowest BCUT2D eigenvalue weighted by atomic mass is 9.67. The summed E-state index contributed by atoms with van der Waals surface area (Å²) in [6.07, 6.45) is 6.15. The first-order valence-corrected chi connectivity index (χ1v) is 14.6. The number of pyridine rings is 1. The number of allylic oxidation sites excluding steroid dienone is 2. The molecule has 4 rings (SSSR count). The predicted octanol–water partition coefficient (Wildman–Crippen LogP) is 5.35. The van der Waals surface area contributed by atoms with E-state index in [9.17, 15) is 24.9 Å². The smallest absolute Gasteiger partial charge is 0.233 e. The predicted molar refractivity (Wildman–Crippen MR) is 154 cm³/mol. The van der Waals surface area contributed by atoms with Crippen LogP contribution in [0.2, 0.25) is 0 Å². The first-order valence-electron chi connectivity index (χ1n) is 13.8. The maximum atomic E-state index is 13.3. The summed E-state index contributed by atoms with van der Waals surface area (Å²) in [6, 6.07) is 10.8. The highest BCUT2D eigenvalue weighted by Gasteiger charge is 2.54. The topological polar surface area (TPSA) is 111 Å². The lowest BCUT2D eigenvalue weighted by Crippen LogP contribution is -2.39. The summed E-state index contributed by atoms with van der Waals surface area (Å²) >= 11 is 3.46. The SMILES string of the molecule is CCCC1=C([C@H](O)CC/C(=C/c2cc(Br)ccc2O)c2ccccn2)[C@H](CO)[C@@H]2C(=O)N(CCC)C(=O)[C@@H]2C1. The zero-order valence-corrected chi connectivity index (χ0v) is 24.1. The number of likely N-dealkylation sites (tertiary alicyclic amines) is 1. The van der Waals surface area contributed by atoms with E-state index in [2.05, 4.69) is 27.8 Å². The molecule has 0 spiro atoms. The van der Waals surface area contributed by atoms with Crippen LogP contribution in [0.4, 0.5) is 0 Å². The van der Waals surface area contributed by atoms with Gasteiger partial charge in [-0.1, -0.05) is 47.8 Å². The van der Waals surface area contributed by atoms with Crippen molar-refractivity contribution < 1.29 is 24.9 Å². The highest BCUT2D eigenvalue weighted by Crippen LogP contribution is 2.47. The maximum absolute atomic E-state index is 13.3. The van der Waals surface area contributed by atoms with Gasteiger partial charge in [-0.05, 0) is 79.7 Å². The van der Waals surface area contributed by atoms with Crippen LogP contribution in [0.15, 0.2) is 58.2 Å². The zero-order valence-electron chi connectivity index (χ0n) is 22.5. The molecule has 208 valence electrons. The fourth-order valence-electron chi connectivity index (χ4n) is 6.11. The Morgan fingerprint density at radius 1 is 1.18 bits per heavy atom. The lowest BCUT2D eigenvalue weighted by molar-refractivity contribution is -0.140. The molecule has 8 heteroatoms. The summed E-state index contributed by atoms with van der Waals surface area (Å²) in [7, 11) is 0. The molecule has 39 heavy (non-hydrogen) atoms. The average molecular weight is 598 g/mol. The minimum atomic E-state index is -0.893. The van der Waals surface area contributed by atoms with Gasteiger partial charge in [0.15, 0.2) is 0 Å². The van der Waals surface area contributed by atoms with Crippen molar-refractivity contribution in [3.63, 3.8) is 0 Å². The third kappa shape index (κ3) is 6.18. The Kier molecular flexibility index (Phi) is 9.75. The molecule has 1 aromatic heterocycles. The Balaban J connectivity index is 1.65. The van der Waals surface area contributed by atoms with E-state index in [0.29, 0.717) is 49.8 Å². The van der Waals surface area contributed by atoms with Crippen molar-refractivity contribution in [1.29, 1.82) is 0 Å². The Labute approximate surface area is 238 Å². The second-order valence-corrected chi connectivity index (χ2v) is 11.3. The fraction of sp³-hybridized carbons (Fsp3) is 0.452.